The molecule has 48 heavy (non-hydrogen) atoms. The van der Waals surface area contributed by atoms with E-state index in [1.54, 1.807) is 0 Å². The molecule has 9 rings (SSSR count). The van der Waals surface area contributed by atoms with Crippen molar-refractivity contribution in [3.05, 3.63) is 216 Å². The predicted molar refractivity (Wildman–Crippen MR) is 202 cm³/mol. The molecule has 1 heteroatoms. The minimum absolute atomic E-state index is 0.431. The van der Waals surface area contributed by atoms with E-state index in [1.807, 2.05) is 0 Å². The van der Waals surface area contributed by atoms with E-state index in [-0.39, 0.29) is 0 Å². The van der Waals surface area contributed by atoms with Crippen molar-refractivity contribution < 1.29 is 0 Å². The molecule has 0 saturated carbocycles. The van der Waals surface area contributed by atoms with Crippen LogP contribution >= 0.6 is 0 Å². The van der Waals surface area contributed by atoms with Gasteiger partial charge in [0, 0.05) is 16.9 Å². The first-order valence-electron chi connectivity index (χ1n) is 16.6. The Hall–Kier alpha value is -6.18. The van der Waals surface area contributed by atoms with Gasteiger partial charge in [-0.15, -0.1) is 0 Å². The molecule has 0 spiro atoms. The van der Waals surface area contributed by atoms with E-state index in [0.29, 0.717) is 0 Å². The first-order valence-corrected chi connectivity index (χ1v) is 16.6. The lowest BCUT2D eigenvalue weighted by molar-refractivity contribution is 0.769. The van der Waals surface area contributed by atoms with Crippen LogP contribution in [0, 0.1) is 0 Å². The molecule has 1 aliphatic carbocycles. The number of hydrogen-bond acceptors (Lipinski definition) is 1. The molecule has 1 N–H and O–H groups in total. The highest BCUT2D eigenvalue weighted by molar-refractivity contribution is 5.97. The van der Waals surface area contributed by atoms with Gasteiger partial charge in [0.2, 0.25) is 0 Å². The Bertz CT molecular complexity index is 2390. The quantitative estimate of drug-likeness (QED) is 0.197. The molecule has 0 unspecified atom stereocenters. The van der Waals surface area contributed by atoms with Crippen LogP contribution in [0.15, 0.2) is 194 Å². The Morgan fingerprint density at radius 2 is 0.896 bits per heavy atom. The van der Waals surface area contributed by atoms with Crippen LogP contribution in [0.5, 0.6) is 0 Å². The van der Waals surface area contributed by atoms with Gasteiger partial charge in [0.05, 0.1) is 5.41 Å². The predicted octanol–water partition coefficient (Wildman–Crippen LogP) is 12.3. The molecule has 0 aromatic heterocycles. The Balaban J connectivity index is 1.16. The number of anilines is 2. The molecule has 1 aliphatic rings. The molecule has 0 fully saturated rings. The van der Waals surface area contributed by atoms with E-state index in [1.165, 1.54) is 60.8 Å². The third-order valence-corrected chi connectivity index (χ3v) is 9.93. The fourth-order valence-electron chi connectivity index (χ4n) is 7.87. The van der Waals surface area contributed by atoms with Crippen LogP contribution in [-0.2, 0) is 5.41 Å². The third kappa shape index (κ3) is 4.47. The van der Waals surface area contributed by atoms with Crippen molar-refractivity contribution in [2.75, 3.05) is 5.32 Å². The van der Waals surface area contributed by atoms with Crippen LogP contribution in [0.4, 0.5) is 11.4 Å². The monoisotopic (exact) mass is 611 g/mol. The van der Waals surface area contributed by atoms with Gasteiger partial charge in [-0.1, -0.05) is 170 Å². The highest BCUT2D eigenvalue weighted by Gasteiger charge is 2.45. The van der Waals surface area contributed by atoms with Gasteiger partial charge in [-0.25, -0.2) is 0 Å². The van der Waals surface area contributed by atoms with Gasteiger partial charge in [0.25, 0.3) is 0 Å². The number of nitrogens with one attached hydrogen (secondary N) is 1. The zero-order valence-electron chi connectivity index (χ0n) is 26.5. The minimum Gasteiger partial charge on any atom is -0.355 e. The SMILES string of the molecule is c1ccc(C2(c3cccc(-c4ccccc4Nc4cccc(-c5cccc6ccccc56)c4)c3)c3ccccc3-c3ccccc32)cc1. The molecule has 226 valence electrons. The number of rotatable bonds is 6. The maximum atomic E-state index is 3.79. The zero-order valence-corrected chi connectivity index (χ0v) is 26.5. The standard InChI is InChI=1S/C47H33N/c1-2-19-36(20-3-1)47(44-28-9-6-25-42(44)43-26-7-10-29-45(43)47)37-21-12-17-34(31-37)41-24-8-11-30-46(41)48-38-22-13-18-35(32-38)40-27-14-16-33-15-4-5-23-39(33)40/h1-32,48H. The van der Waals surface area contributed by atoms with Crippen LogP contribution in [0.3, 0.4) is 0 Å². The smallest absolute Gasteiger partial charge is 0.0713 e. The molecule has 0 aliphatic heterocycles. The lowest BCUT2D eigenvalue weighted by Crippen LogP contribution is -2.28. The van der Waals surface area contributed by atoms with E-state index >= 15 is 0 Å². The Morgan fingerprint density at radius 1 is 0.354 bits per heavy atom. The summed E-state index contributed by atoms with van der Waals surface area (Å²) in [4.78, 5) is 0. The maximum Gasteiger partial charge on any atom is 0.0713 e. The molecule has 0 saturated heterocycles. The van der Waals surface area contributed by atoms with Gasteiger partial charge >= 0.3 is 0 Å². The molecule has 0 amide bonds. The highest BCUT2D eigenvalue weighted by Crippen LogP contribution is 2.56. The van der Waals surface area contributed by atoms with Crippen molar-refractivity contribution in [3.63, 3.8) is 0 Å². The van der Waals surface area contributed by atoms with Crippen LogP contribution < -0.4 is 5.32 Å². The molecule has 0 radical (unpaired) electrons. The molecular weight excluding hydrogens is 579 g/mol. The largest absolute Gasteiger partial charge is 0.355 e. The topological polar surface area (TPSA) is 12.0 Å². The minimum atomic E-state index is -0.431. The van der Waals surface area contributed by atoms with Crippen LogP contribution in [0.1, 0.15) is 22.3 Å². The molecule has 0 heterocycles. The van der Waals surface area contributed by atoms with Crippen LogP contribution in [0.2, 0.25) is 0 Å². The van der Waals surface area contributed by atoms with Crippen LogP contribution in [0.25, 0.3) is 44.2 Å². The summed E-state index contributed by atoms with van der Waals surface area (Å²) in [6.45, 7) is 0. The number of benzene rings is 8. The lowest BCUT2D eigenvalue weighted by Gasteiger charge is -2.34. The summed E-state index contributed by atoms with van der Waals surface area (Å²) < 4.78 is 0. The Kier molecular flexibility index (Phi) is 6.76. The van der Waals surface area contributed by atoms with Gasteiger partial charge in [0.1, 0.15) is 0 Å². The van der Waals surface area contributed by atoms with Crippen molar-refractivity contribution in [2.45, 2.75) is 5.41 Å². The van der Waals surface area contributed by atoms with Crippen molar-refractivity contribution >= 4 is 22.1 Å². The fourth-order valence-corrected chi connectivity index (χ4v) is 7.87. The molecule has 8 aromatic rings. The zero-order chi connectivity index (χ0) is 31.9. The summed E-state index contributed by atoms with van der Waals surface area (Å²) in [7, 11) is 0. The summed E-state index contributed by atoms with van der Waals surface area (Å²) in [5.41, 5.74) is 14.3. The van der Waals surface area contributed by atoms with E-state index in [2.05, 4.69) is 199 Å². The lowest BCUT2D eigenvalue weighted by atomic mass is 9.67. The second kappa shape index (κ2) is 11.6. The van der Waals surface area contributed by atoms with E-state index in [0.717, 1.165) is 16.9 Å². The number of hydrogen-bond donors (Lipinski definition) is 1. The molecule has 0 atom stereocenters. The van der Waals surface area contributed by atoms with Crippen molar-refractivity contribution in [3.8, 4) is 33.4 Å². The number of fused-ring (bicyclic) bond motifs is 4. The second-order valence-corrected chi connectivity index (χ2v) is 12.6. The third-order valence-electron chi connectivity index (χ3n) is 9.93. The maximum absolute atomic E-state index is 3.79. The fraction of sp³-hybridized carbons (Fsp3) is 0.0213. The van der Waals surface area contributed by atoms with Crippen molar-refractivity contribution in [1.82, 2.24) is 0 Å². The molecule has 1 nitrogen and oxygen atoms in total. The van der Waals surface area contributed by atoms with Crippen LogP contribution in [-0.4, -0.2) is 0 Å². The average Bonchev–Trinajstić information content (AvgIpc) is 3.46. The summed E-state index contributed by atoms with van der Waals surface area (Å²) in [6, 6.07) is 70.5. The molecule has 8 aromatic carbocycles. The Morgan fingerprint density at radius 3 is 1.69 bits per heavy atom. The van der Waals surface area contributed by atoms with E-state index in [4.69, 9.17) is 0 Å². The molecule has 0 bridgehead atoms. The summed E-state index contributed by atoms with van der Waals surface area (Å²) in [6.07, 6.45) is 0. The van der Waals surface area contributed by atoms with Gasteiger partial charge in [-0.3, -0.25) is 0 Å². The van der Waals surface area contributed by atoms with Gasteiger partial charge in [0.15, 0.2) is 0 Å². The van der Waals surface area contributed by atoms with E-state index in [9.17, 15) is 0 Å². The van der Waals surface area contributed by atoms with Crippen molar-refractivity contribution in [1.29, 1.82) is 0 Å². The second-order valence-electron chi connectivity index (χ2n) is 12.6. The molecular formula is C47H33N. The van der Waals surface area contributed by atoms with Crippen molar-refractivity contribution in [2.24, 2.45) is 0 Å². The van der Waals surface area contributed by atoms with Gasteiger partial charge in [-0.05, 0) is 85.1 Å². The Labute approximate surface area is 281 Å². The summed E-state index contributed by atoms with van der Waals surface area (Å²) in [5.74, 6) is 0. The van der Waals surface area contributed by atoms with Gasteiger partial charge < -0.3 is 5.32 Å². The normalized spacial score (nSPS) is 12.8. The average molecular weight is 612 g/mol. The summed E-state index contributed by atoms with van der Waals surface area (Å²) in [5, 5.41) is 6.30. The van der Waals surface area contributed by atoms with Gasteiger partial charge in [-0.2, -0.15) is 0 Å². The highest BCUT2D eigenvalue weighted by atomic mass is 14.9. The number of para-hydroxylation sites is 1. The first kappa shape index (κ1) is 28.1. The summed E-state index contributed by atoms with van der Waals surface area (Å²) >= 11 is 0. The first-order chi connectivity index (χ1) is 23.8. The van der Waals surface area contributed by atoms with E-state index < -0.39 is 5.41 Å².